The second-order valence-corrected chi connectivity index (χ2v) is 5.75. The van der Waals surface area contributed by atoms with Crippen LogP contribution in [-0.2, 0) is 14.4 Å². The van der Waals surface area contributed by atoms with Gasteiger partial charge >= 0.3 is 18.1 Å². The van der Waals surface area contributed by atoms with Crippen LogP contribution in [0.4, 0.5) is 23.2 Å². The molecule has 11 heteroatoms. The Morgan fingerprint density at radius 2 is 1.74 bits per heavy atom. The molecular weight excluding hydrogens is 376 g/mol. The fourth-order valence-corrected chi connectivity index (χ4v) is 2.42. The Morgan fingerprint density at radius 1 is 1.15 bits per heavy atom. The molecule has 1 unspecified atom stereocenters. The molecule has 3 N–H and O–H groups in total. The first-order valence-electron chi connectivity index (χ1n) is 7.80. The van der Waals surface area contributed by atoms with Crippen LogP contribution >= 0.6 is 0 Å². The fraction of sp³-hybridized carbons (Fsp3) is 0.438. The van der Waals surface area contributed by atoms with Gasteiger partial charge in [-0.3, -0.25) is 9.69 Å². The van der Waals surface area contributed by atoms with E-state index in [0.717, 1.165) is 0 Å². The third-order valence-corrected chi connectivity index (χ3v) is 3.67. The molecule has 0 spiro atoms. The van der Waals surface area contributed by atoms with Crippen LogP contribution in [0.3, 0.4) is 0 Å². The maximum atomic E-state index is 13.4. The highest BCUT2D eigenvalue weighted by atomic mass is 19.4. The number of likely N-dealkylation sites (tertiary alicyclic amines) is 1. The van der Waals surface area contributed by atoms with Crippen molar-refractivity contribution in [3.05, 3.63) is 30.1 Å². The number of anilines is 1. The standard InChI is InChI=1S/C14H16F4N2O.C2H2O4/c15-11-5-1-2-6-12(11)19-13(21)9-20-7-3-4-10(8-20)14(16,17)18;3-1(4)2(5)6/h1-2,5-6,10H,3-4,7-9H2,(H,19,21);(H,3,4)(H,5,6). The van der Waals surface area contributed by atoms with Gasteiger partial charge in [0.15, 0.2) is 0 Å². The van der Waals surface area contributed by atoms with Crippen molar-refractivity contribution in [3.8, 4) is 0 Å². The molecule has 1 atom stereocenters. The van der Waals surface area contributed by atoms with E-state index < -0.39 is 35.8 Å². The van der Waals surface area contributed by atoms with Crippen LogP contribution in [0.5, 0.6) is 0 Å². The highest BCUT2D eigenvalue weighted by molar-refractivity contribution is 6.27. The van der Waals surface area contributed by atoms with Crippen molar-refractivity contribution in [1.29, 1.82) is 0 Å². The molecule has 27 heavy (non-hydrogen) atoms. The number of alkyl halides is 3. The number of carboxylic acids is 2. The summed E-state index contributed by atoms with van der Waals surface area (Å²) in [6.07, 6.45) is -3.74. The normalized spacial score (nSPS) is 17.4. The molecule has 7 nitrogen and oxygen atoms in total. The van der Waals surface area contributed by atoms with Crippen molar-refractivity contribution in [1.82, 2.24) is 4.90 Å². The quantitative estimate of drug-likeness (QED) is 0.536. The molecule has 1 heterocycles. The smallest absolute Gasteiger partial charge is 0.414 e. The predicted molar refractivity (Wildman–Crippen MR) is 85.5 cm³/mol. The van der Waals surface area contributed by atoms with Crippen LogP contribution < -0.4 is 5.32 Å². The van der Waals surface area contributed by atoms with Crippen molar-refractivity contribution in [2.24, 2.45) is 5.92 Å². The zero-order valence-electron chi connectivity index (χ0n) is 14.0. The summed E-state index contributed by atoms with van der Waals surface area (Å²) in [5, 5.41) is 17.2. The third-order valence-electron chi connectivity index (χ3n) is 3.67. The zero-order chi connectivity index (χ0) is 20.6. The van der Waals surface area contributed by atoms with Gasteiger partial charge < -0.3 is 15.5 Å². The first kappa shape index (κ1) is 22.4. The summed E-state index contributed by atoms with van der Waals surface area (Å²) in [5.41, 5.74) is 0.0341. The van der Waals surface area contributed by atoms with Gasteiger partial charge in [-0.1, -0.05) is 12.1 Å². The van der Waals surface area contributed by atoms with Crippen molar-refractivity contribution >= 4 is 23.5 Å². The van der Waals surface area contributed by atoms with Crippen LogP contribution in [0.25, 0.3) is 0 Å². The Bertz CT molecular complexity index is 669. The second-order valence-electron chi connectivity index (χ2n) is 5.75. The van der Waals surface area contributed by atoms with Crippen molar-refractivity contribution in [2.45, 2.75) is 19.0 Å². The highest BCUT2D eigenvalue weighted by Gasteiger charge is 2.41. The summed E-state index contributed by atoms with van der Waals surface area (Å²) in [6.45, 7) is 0.0897. The number of amides is 1. The maximum absolute atomic E-state index is 13.4. The molecular formula is C16H18F4N2O5. The van der Waals surface area contributed by atoms with Gasteiger partial charge in [0.2, 0.25) is 5.91 Å². The number of halogens is 4. The Balaban J connectivity index is 0.000000527. The number of hydrogen-bond acceptors (Lipinski definition) is 4. The number of benzene rings is 1. The summed E-state index contributed by atoms with van der Waals surface area (Å²) in [5.74, 6) is -6.13. The van der Waals surface area contributed by atoms with Gasteiger partial charge in [-0.25, -0.2) is 14.0 Å². The van der Waals surface area contributed by atoms with E-state index in [1.807, 2.05) is 0 Å². The molecule has 0 aromatic heterocycles. The topological polar surface area (TPSA) is 107 Å². The lowest BCUT2D eigenvalue weighted by atomic mass is 9.97. The number of nitrogens with zero attached hydrogens (tertiary/aromatic N) is 1. The van der Waals surface area contributed by atoms with Crippen molar-refractivity contribution < 1.29 is 42.2 Å². The van der Waals surface area contributed by atoms with Gasteiger partial charge in [-0.2, -0.15) is 13.2 Å². The molecule has 0 radical (unpaired) electrons. The van der Waals surface area contributed by atoms with E-state index in [4.69, 9.17) is 19.8 Å². The van der Waals surface area contributed by atoms with Gasteiger partial charge in [0, 0.05) is 6.54 Å². The van der Waals surface area contributed by atoms with E-state index in [1.165, 1.54) is 23.1 Å². The number of aliphatic carboxylic acids is 2. The minimum Gasteiger partial charge on any atom is -0.473 e. The average molecular weight is 394 g/mol. The Labute approximate surface area is 151 Å². The maximum Gasteiger partial charge on any atom is 0.414 e. The van der Waals surface area contributed by atoms with Gasteiger partial charge in [0.25, 0.3) is 0 Å². The van der Waals surface area contributed by atoms with Crippen LogP contribution in [0.2, 0.25) is 0 Å². The summed E-state index contributed by atoms with van der Waals surface area (Å²) in [6, 6.07) is 5.67. The molecule has 150 valence electrons. The highest BCUT2D eigenvalue weighted by Crippen LogP contribution is 2.32. The van der Waals surface area contributed by atoms with Gasteiger partial charge in [-0.15, -0.1) is 0 Å². The van der Waals surface area contributed by atoms with E-state index >= 15 is 0 Å². The average Bonchev–Trinajstić information content (AvgIpc) is 2.57. The molecule has 2 rings (SSSR count). The number of carbonyl (C=O) groups excluding carboxylic acids is 1. The SMILES string of the molecule is O=C(CN1CCCC(C(F)(F)F)C1)Nc1ccccc1F.O=C(O)C(=O)O. The summed E-state index contributed by atoms with van der Waals surface area (Å²) in [7, 11) is 0. The first-order chi connectivity index (χ1) is 12.5. The van der Waals surface area contributed by atoms with E-state index in [9.17, 15) is 22.4 Å². The summed E-state index contributed by atoms with van der Waals surface area (Å²) in [4.78, 5) is 31.4. The number of rotatable bonds is 3. The minimum absolute atomic E-state index is 0.0341. The number of piperidine rings is 1. The first-order valence-corrected chi connectivity index (χ1v) is 7.80. The lowest BCUT2D eigenvalue weighted by Crippen LogP contribution is -2.44. The number of carbonyl (C=O) groups is 3. The lowest BCUT2D eigenvalue weighted by Gasteiger charge is -2.33. The Hall–Kier alpha value is -2.69. The summed E-state index contributed by atoms with van der Waals surface area (Å²) < 4.78 is 51.4. The fourth-order valence-electron chi connectivity index (χ4n) is 2.42. The predicted octanol–water partition coefficient (Wildman–Crippen LogP) is 2.19. The minimum atomic E-state index is -4.24. The van der Waals surface area contributed by atoms with Crippen LogP contribution in [0, 0.1) is 11.7 Å². The lowest BCUT2D eigenvalue weighted by molar-refractivity contribution is -0.186. The van der Waals surface area contributed by atoms with Gasteiger partial charge in [-0.05, 0) is 31.5 Å². The summed E-state index contributed by atoms with van der Waals surface area (Å²) >= 11 is 0. The Kier molecular flexibility index (Phi) is 8.16. The largest absolute Gasteiger partial charge is 0.473 e. The monoisotopic (exact) mass is 394 g/mol. The number of nitrogens with one attached hydrogen (secondary N) is 1. The molecule has 0 saturated carbocycles. The van der Waals surface area contributed by atoms with Gasteiger partial charge in [0.1, 0.15) is 5.82 Å². The van der Waals surface area contributed by atoms with Gasteiger partial charge in [0.05, 0.1) is 18.2 Å². The molecule has 1 saturated heterocycles. The van der Waals surface area contributed by atoms with E-state index in [2.05, 4.69) is 5.32 Å². The molecule has 1 aliphatic rings. The molecule has 1 aromatic rings. The number of hydrogen-bond donors (Lipinski definition) is 3. The number of para-hydroxylation sites is 1. The second kappa shape index (κ2) is 9.86. The van der Waals surface area contributed by atoms with Crippen LogP contribution in [0.15, 0.2) is 24.3 Å². The molecule has 1 aromatic carbocycles. The molecule has 1 amide bonds. The molecule has 0 aliphatic carbocycles. The van der Waals surface area contributed by atoms with Crippen molar-refractivity contribution in [3.63, 3.8) is 0 Å². The zero-order valence-corrected chi connectivity index (χ0v) is 14.0. The third kappa shape index (κ3) is 8.03. The molecule has 1 aliphatic heterocycles. The molecule has 1 fully saturated rings. The number of carboxylic acid groups (broad SMARTS) is 2. The van der Waals surface area contributed by atoms with Crippen LogP contribution in [-0.4, -0.2) is 58.8 Å². The van der Waals surface area contributed by atoms with Crippen LogP contribution in [0.1, 0.15) is 12.8 Å². The molecule has 0 bridgehead atoms. The Morgan fingerprint density at radius 3 is 2.26 bits per heavy atom. The van der Waals surface area contributed by atoms with Crippen molar-refractivity contribution in [2.75, 3.05) is 25.0 Å². The van der Waals surface area contributed by atoms with E-state index in [-0.39, 0.29) is 25.2 Å². The van der Waals surface area contributed by atoms with E-state index in [0.29, 0.717) is 13.0 Å². The van der Waals surface area contributed by atoms with E-state index in [1.54, 1.807) is 6.07 Å².